The zero-order valence-electron chi connectivity index (χ0n) is 22.7. The number of aromatic nitrogens is 2. The van der Waals surface area contributed by atoms with Crippen LogP contribution in [0, 0.1) is 0 Å². The number of carbonyl (C=O) groups is 2. The van der Waals surface area contributed by atoms with Gasteiger partial charge in [0.1, 0.15) is 21.2 Å². The van der Waals surface area contributed by atoms with Crippen molar-refractivity contribution >= 4 is 76.7 Å². The molecule has 0 bridgehead atoms. The van der Waals surface area contributed by atoms with Gasteiger partial charge in [-0.3, -0.25) is 0 Å². The van der Waals surface area contributed by atoms with Gasteiger partial charge in [-0.1, -0.05) is 22.7 Å². The van der Waals surface area contributed by atoms with E-state index in [0.29, 0.717) is 26.2 Å². The number of carbonyl (C=O) groups excluding carboxylic acids is 2. The molecular weight excluding hydrogens is 660 g/mol. The van der Waals surface area contributed by atoms with E-state index in [2.05, 4.69) is 51.6 Å². The van der Waals surface area contributed by atoms with E-state index in [9.17, 15) is 9.59 Å². The molecule has 4 rings (SSSR count). The second-order valence-corrected chi connectivity index (χ2v) is 15.4. The summed E-state index contributed by atoms with van der Waals surface area (Å²) in [6.45, 7) is 17.3. The van der Waals surface area contributed by atoms with Crippen LogP contribution in [0.15, 0.2) is 20.2 Å². The quantitative estimate of drug-likeness (QED) is 0.382. The third-order valence-electron chi connectivity index (χ3n) is 5.42. The Morgan fingerprint density at radius 3 is 1.24 bits per heavy atom. The molecule has 2 aromatic heterocycles. The highest BCUT2D eigenvalue weighted by Crippen LogP contribution is 2.29. The van der Waals surface area contributed by atoms with Crippen molar-refractivity contribution in [2.24, 2.45) is 0 Å². The molecule has 0 atom stereocenters. The summed E-state index contributed by atoms with van der Waals surface area (Å²) in [4.78, 5) is 40.2. The molecule has 2 aromatic rings. The first-order chi connectivity index (χ1) is 17.7. The lowest BCUT2D eigenvalue weighted by Gasteiger charge is -2.35. The minimum Gasteiger partial charge on any atom is -0.444 e. The van der Waals surface area contributed by atoms with E-state index in [-0.39, 0.29) is 12.2 Å². The summed E-state index contributed by atoms with van der Waals surface area (Å²) in [7, 11) is 0. The standard InChI is InChI=1S/2C12H18BrN3O2S/c2*1-12(2,3)18-11(17)16-6-4-15(5-7-16)9-8-14-10(13)19-9/h2*8H,4-7H2,1-3H3. The number of anilines is 2. The van der Waals surface area contributed by atoms with E-state index in [1.165, 1.54) is 0 Å². The van der Waals surface area contributed by atoms with E-state index in [1.54, 1.807) is 32.5 Å². The molecule has 2 amide bonds. The lowest BCUT2D eigenvalue weighted by molar-refractivity contribution is 0.0230. The number of halogens is 2. The van der Waals surface area contributed by atoms with Crippen LogP contribution in [0.25, 0.3) is 0 Å². The van der Waals surface area contributed by atoms with Crippen LogP contribution in [-0.2, 0) is 9.47 Å². The fourth-order valence-corrected chi connectivity index (χ4v) is 6.24. The average Bonchev–Trinajstić information content (AvgIpc) is 3.46. The van der Waals surface area contributed by atoms with Crippen molar-refractivity contribution in [3.05, 3.63) is 20.2 Å². The predicted molar refractivity (Wildman–Crippen MR) is 160 cm³/mol. The first-order valence-electron chi connectivity index (χ1n) is 12.4. The molecule has 2 aliphatic heterocycles. The second kappa shape index (κ2) is 13.1. The van der Waals surface area contributed by atoms with E-state index < -0.39 is 11.2 Å². The van der Waals surface area contributed by atoms with Crippen LogP contribution in [0.2, 0.25) is 0 Å². The number of nitrogens with zero attached hydrogens (tertiary/aromatic N) is 6. The van der Waals surface area contributed by atoms with Crippen LogP contribution in [0.4, 0.5) is 19.6 Å². The van der Waals surface area contributed by atoms with Crippen LogP contribution < -0.4 is 9.80 Å². The molecular formula is C24H36Br2N6O4S2. The minimum absolute atomic E-state index is 0.224. The van der Waals surface area contributed by atoms with Crippen molar-refractivity contribution in [2.75, 3.05) is 62.2 Å². The van der Waals surface area contributed by atoms with Gasteiger partial charge in [-0.15, -0.1) is 0 Å². The van der Waals surface area contributed by atoms with Crippen LogP contribution in [-0.4, -0.2) is 95.5 Å². The molecule has 4 heterocycles. The third-order valence-corrected chi connectivity index (χ3v) is 8.49. The Balaban J connectivity index is 0.000000211. The fourth-order valence-electron chi connectivity index (χ4n) is 3.65. The number of amides is 2. The molecule has 10 nitrogen and oxygen atoms in total. The van der Waals surface area contributed by atoms with Gasteiger partial charge in [0, 0.05) is 52.4 Å². The zero-order chi connectivity index (χ0) is 28.1. The normalized spacial score (nSPS) is 16.6. The second-order valence-electron chi connectivity index (χ2n) is 10.8. The smallest absolute Gasteiger partial charge is 0.410 e. The number of hydrogen-bond donors (Lipinski definition) is 0. The topological polar surface area (TPSA) is 91.3 Å². The Morgan fingerprint density at radius 2 is 1.00 bits per heavy atom. The minimum atomic E-state index is -0.434. The van der Waals surface area contributed by atoms with Gasteiger partial charge in [0.2, 0.25) is 0 Å². The number of rotatable bonds is 2. The molecule has 0 N–H and O–H groups in total. The average molecular weight is 697 g/mol. The van der Waals surface area contributed by atoms with Crippen LogP contribution in [0.5, 0.6) is 0 Å². The Kier molecular flexibility index (Phi) is 10.7. The van der Waals surface area contributed by atoms with Crippen molar-refractivity contribution < 1.29 is 19.1 Å². The molecule has 0 radical (unpaired) electrons. The van der Waals surface area contributed by atoms with Gasteiger partial charge in [0.05, 0.1) is 12.4 Å². The monoisotopic (exact) mass is 694 g/mol. The van der Waals surface area contributed by atoms with Gasteiger partial charge in [-0.2, -0.15) is 0 Å². The molecule has 0 saturated carbocycles. The maximum Gasteiger partial charge on any atom is 0.410 e. The first kappa shape index (κ1) is 30.9. The van der Waals surface area contributed by atoms with Gasteiger partial charge < -0.3 is 29.1 Å². The van der Waals surface area contributed by atoms with Crippen molar-refractivity contribution in [1.29, 1.82) is 0 Å². The number of hydrogen-bond acceptors (Lipinski definition) is 10. The van der Waals surface area contributed by atoms with Gasteiger partial charge in [-0.05, 0) is 73.4 Å². The molecule has 212 valence electrons. The van der Waals surface area contributed by atoms with E-state index in [0.717, 1.165) is 44.0 Å². The summed E-state index contributed by atoms with van der Waals surface area (Å²) in [5.74, 6) is 0. The van der Waals surface area contributed by atoms with Crippen molar-refractivity contribution in [3.63, 3.8) is 0 Å². The van der Waals surface area contributed by atoms with Crippen molar-refractivity contribution in [3.8, 4) is 0 Å². The van der Waals surface area contributed by atoms with Crippen LogP contribution >= 0.6 is 54.5 Å². The number of thiazole rings is 2. The van der Waals surface area contributed by atoms with Crippen molar-refractivity contribution in [1.82, 2.24) is 19.8 Å². The van der Waals surface area contributed by atoms with Crippen LogP contribution in [0.3, 0.4) is 0 Å². The number of ether oxygens (including phenoxy) is 2. The summed E-state index contributed by atoms with van der Waals surface area (Å²) in [6, 6.07) is 0. The van der Waals surface area contributed by atoms with Gasteiger partial charge in [0.15, 0.2) is 7.83 Å². The summed E-state index contributed by atoms with van der Waals surface area (Å²) in [5.41, 5.74) is -0.868. The van der Waals surface area contributed by atoms with E-state index in [1.807, 2.05) is 53.9 Å². The summed E-state index contributed by atoms with van der Waals surface area (Å²) >= 11 is 9.95. The summed E-state index contributed by atoms with van der Waals surface area (Å²) in [6.07, 6.45) is 3.27. The molecule has 2 saturated heterocycles. The van der Waals surface area contributed by atoms with Crippen LogP contribution in [0.1, 0.15) is 41.5 Å². The summed E-state index contributed by atoms with van der Waals surface area (Å²) in [5, 5.41) is 2.27. The Labute approximate surface area is 249 Å². The van der Waals surface area contributed by atoms with E-state index in [4.69, 9.17) is 9.47 Å². The van der Waals surface area contributed by atoms with E-state index >= 15 is 0 Å². The fraction of sp³-hybridized carbons (Fsp3) is 0.667. The maximum absolute atomic E-state index is 11.9. The molecule has 2 aliphatic rings. The highest BCUT2D eigenvalue weighted by atomic mass is 79.9. The maximum atomic E-state index is 11.9. The number of piperazine rings is 2. The third kappa shape index (κ3) is 9.83. The molecule has 2 fully saturated rings. The molecule has 14 heteroatoms. The molecule has 0 aromatic carbocycles. The largest absolute Gasteiger partial charge is 0.444 e. The lowest BCUT2D eigenvalue weighted by atomic mass is 10.2. The SMILES string of the molecule is CC(C)(C)OC(=O)N1CCN(c2cnc(Br)s2)CC1.CC(C)(C)OC(=O)N1CCN(c2cnc(Br)s2)CC1. The van der Waals surface area contributed by atoms with Gasteiger partial charge >= 0.3 is 12.2 Å². The lowest BCUT2D eigenvalue weighted by Crippen LogP contribution is -2.49. The first-order valence-corrected chi connectivity index (χ1v) is 15.6. The Morgan fingerprint density at radius 1 is 0.684 bits per heavy atom. The highest BCUT2D eigenvalue weighted by molar-refractivity contribution is 9.11. The molecule has 0 unspecified atom stereocenters. The summed E-state index contributed by atoms with van der Waals surface area (Å²) < 4.78 is 12.5. The molecule has 0 spiro atoms. The Hall–Kier alpha value is -1.64. The molecule has 0 aliphatic carbocycles. The molecule has 38 heavy (non-hydrogen) atoms. The zero-order valence-corrected chi connectivity index (χ0v) is 27.5. The highest BCUT2D eigenvalue weighted by Gasteiger charge is 2.27. The predicted octanol–water partition coefficient (Wildman–Crippen LogP) is 5.93. The Bertz CT molecular complexity index is 984. The van der Waals surface area contributed by atoms with Gasteiger partial charge in [-0.25, -0.2) is 19.6 Å². The van der Waals surface area contributed by atoms with Gasteiger partial charge in [0.25, 0.3) is 0 Å². The van der Waals surface area contributed by atoms with Crippen molar-refractivity contribution in [2.45, 2.75) is 52.7 Å².